The molecular formula is C17H26N2O. The minimum Gasteiger partial charge on any atom is -0.508 e. The second kappa shape index (κ2) is 5.65. The molecule has 1 aromatic rings. The van der Waals surface area contributed by atoms with Crippen molar-refractivity contribution >= 4 is 5.69 Å². The van der Waals surface area contributed by atoms with Gasteiger partial charge in [-0.15, -0.1) is 0 Å². The van der Waals surface area contributed by atoms with Crippen molar-refractivity contribution in [2.45, 2.75) is 45.2 Å². The first-order chi connectivity index (χ1) is 9.63. The number of anilines is 1. The average Bonchev–Trinajstić information content (AvgIpc) is 2.40. The zero-order valence-electron chi connectivity index (χ0n) is 12.5. The molecule has 3 nitrogen and oxygen atoms in total. The molecule has 110 valence electrons. The van der Waals surface area contributed by atoms with Gasteiger partial charge in [-0.3, -0.25) is 0 Å². The molecule has 0 aromatic heterocycles. The molecule has 2 atom stereocenters. The van der Waals surface area contributed by atoms with Crippen molar-refractivity contribution in [1.82, 2.24) is 4.90 Å². The van der Waals surface area contributed by atoms with Gasteiger partial charge in [-0.1, -0.05) is 6.42 Å². The molecule has 0 amide bonds. The summed E-state index contributed by atoms with van der Waals surface area (Å²) in [6.07, 6.45) is 4.07. The fraction of sp³-hybridized carbons (Fsp3) is 0.647. The number of aromatic hydroxyl groups is 1. The number of piperidine rings is 1. The SMILES string of the molecule is CC(C)N1CC2CCCC(C1)C2Nc1ccc(O)cc1. The van der Waals surface area contributed by atoms with Crippen LogP contribution in [0.5, 0.6) is 5.75 Å². The molecule has 2 aliphatic rings. The predicted octanol–water partition coefficient (Wildman–Crippen LogP) is 3.31. The quantitative estimate of drug-likeness (QED) is 0.830. The van der Waals surface area contributed by atoms with Crippen LogP contribution in [0, 0.1) is 11.8 Å². The number of nitrogens with one attached hydrogen (secondary N) is 1. The number of rotatable bonds is 3. The first-order valence-corrected chi connectivity index (χ1v) is 7.93. The van der Waals surface area contributed by atoms with Crippen molar-refractivity contribution in [2.24, 2.45) is 11.8 Å². The lowest BCUT2D eigenvalue weighted by Crippen LogP contribution is -2.56. The third kappa shape index (κ3) is 2.78. The van der Waals surface area contributed by atoms with Gasteiger partial charge in [0.15, 0.2) is 0 Å². The lowest BCUT2D eigenvalue weighted by Gasteiger charge is -2.49. The van der Waals surface area contributed by atoms with Crippen LogP contribution in [0.15, 0.2) is 24.3 Å². The Balaban J connectivity index is 1.72. The van der Waals surface area contributed by atoms with E-state index in [1.165, 1.54) is 32.4 Å². The van der Waals surface area contributed by atoms with E-state index in [0.717, 1.165) is 17.5 Å². The maximum Gasteiger partial charge on any atom is 0.115 e. The zero-order valence-corrected chi connectivity index (χ0v) is 12.5. The zero-order chi connectivity index (χ0) is 14.1. The number of phenolic OH excluding ortho intramolecular Hbond substituents is 1. The Kier molecular flexibility index (Phi) is 3.88. The molecule has 2 unspecified atom stereocenters. The molecule has 2 fully saturated rings. The van der Waals surface area contributed by atoms with Crippen LogP contribution >= 0.6 is 0 Å². The highest BCUT2D eigenvalue weighted by molar-refractivity contribution is 5.47. The van der Waals surface area contributed by atoms with Gasteiger partial charge in [0.2, 0.25) is 0 Å². The number of phenols is 1. The van der Waals surface area contributed by atoms with E-state index in [2.05, 4.69) is 24.1 Å². The normalized spacial score (nSPS) is 30.4. The molecule has 1 aromatic carbocycles. The van der Waals surface area contributed by atoms with E-state index in [0.29, 0.717) is 17.8 Å². The molecule has 3 rings (SSSR count). The smallest absolute Gasteiger partial charge is 0.115 e. The summed E-state index contributed by atoms with van der Waals surface area (Å²) in [7, 11) is 0. The summed E-state index contributed by atoms with van der Waals surface area (Å²) >= 11 is 0. The first-order valence-electron chi connectivity index (χ1n) is 7.93. The van der Waals surface area contributed by atoms with E-state index in [-0.39, 0.29) is 0 Å². The van der Waals surface area contributed by atoms with Crippen LogP contribution < -0.4 is 5.32 Å². The van der Waals surface area contributed by atoms with Gasteiger partial charge in [0.05, 0.1) is 0 Å². The standard InChI is InChI=1S/C17H26N2O/c1-12(2)19-10-13-4-3-5-14(11-19)17(13)18-15-6-8-16(20)9-7-15/h6-9,12-14,17-18,20H,3-5,10-11H2,1-2H3. The Morgan fingerprint density at radius 3 is 2.25 bits per heavy atom. The highest BCUT2D eigenvalue weighted by Crippen LogP contribution is 2.37. The second-order valence-corrected chi connectivity index (χ2v) is 6.72. The molecule has 1 aliphatic heterocycles. The highest BCUT2D eigenvalue weighted by atomic mass is 16.3. The summed E-state index contributed by atoms with van der Waals surface area (Å²) in [5, 5.41) is 13.1. The van der Waals surface area contributed by atoms with E-state index in [1.54, 1.807) is 12.1 Å². The van der Waals surface area contributed by atoms with Crippen LogP contribution in [-0.2, 0) is 0 Å². The van der Waals surface area contributed by atoms with E-state index < -0.39 is 0 Å². The number of benzene rings is 1. The molecule has 2 N–H and O–H groups in total. The molecule has 0 radical (unpaired) electrons. The average molecular weight is 274 g/mol. The Morgan fingerprint density at radius 1 is 1.10 bits per heavy atom. The maximum absolute atomic E-state index is 9.39. The lowest BCUT2D eigenvalue weighted by atomic mass is 9.73. The molecule has 0 spiro atoms. The van der Waals surface area contributed by atoms with E-state index >= 15 is 0 Å². The van der Waals surface area contributed by atoms with Crippen molar-refractivity contribution in [3.8, 4) is 5.75 Å². The third-order valence-electron chi connectivity index (χ3n) is 5.03. The largest absolute Gasteiger partial charge is 0.508 e. The number of hydrogen-bond donors (Lipinski definition) is 2. The van der Waals surface area contributed by atoms with Gasteiger partial charge in [0, 0.05) is 30.9 Å². The van der Waals surface area contributed by atoms with Crippen molar-refractivity contribution < 1.29 is 5.11 Å². The molecule has 1 aliphatic carbocycles. The summed E-state index contributed by atoms with van der Waals surface area (Å²) in [4.78, 5) is 2.64. The monoisotopic (exact) mass is 274 g/mol. The summed E-state index contributed by atoms with van der Waals surface area (Å²) in [6.45, 7) is 7.07. The fourth-order valence-corrected chi connectivity index (χ4v) is 3.88. The summed E-state index contributed by atoms with van der Waals surface area (Å²) < 4.78 is 0. The van der Waals surface area contributed by atoms with Gasteiger partial charge < -0.3 is 15.3 Å². The van der Waals surface area contributed by atoms with Gasteiger partial charge >= 0.3 is 0 Å². The Hall–Kier alpha value is -1.22. The molecule has 1 heterocycles. The predicted molar refractivity (Wildman–Crippen MR) is 83.1 cm³/mol. The molecule has 2 bridgehead atoms. The number of nitrogens with zero attached hydrogens (tertiary/aromatic N) is 1. The Morgan fingerprint density at radius 2 is 1.70 bits per heavy atom. The van der Waals surface area contributed by atoms with E-state index in [4.69, 9.17) is 0 Å². The molecule has 3 heteroatoms. The van der Waals surface area contributed by atoms with Gasteiger partial charge in [-0.05, 0) is 62.8 Å². The van der Waals surface area contributed by atoms with Gasteiger partial charge in [-0.2, -0.15) is 0 Å². The molecule has 1 saturated carbocycles. The van der Waals surface area contributed by atoms with Gasteiger partial charge in [0.1, 0.15) is 5.75 Å². The third-order valence-corrected chi connectivity index (χ3v) is 5.03. The van der Waals surface area contributed by atoms with Crippen molar-refractivity contribution in [1.29, 1.82) is 0 Å². The number of likely N-dealkylation sites (tertiary alicyclic amines) is 1. The van der Waals surface area contributed by atoms with Crippen molar-refractivity contribution in [3.05, 3.63) is 24.3 Å². The van der Waals surface area contributed by atoms with E-state index in [9.17, 15) is 5.11 Å². The van der Waals surface area contributed by atoms with Crippen molar-refractivity contribution in [2.75, 3.05) is 18.4 Å². The second-order valence-electron chi connectivity index (χ2n) is 6.72. The fourth-order valence-electron chi connectivity index (χ4n) is 3.88. The minimum absolute atomic E-state index is 0.338. The molecule has 1 saturated heterocycles. The van der Waals surface area contributed by atoms with Crippen molar-refractivity contribution in [3.63, 3.8) is 0 Å². The van der Waals surface area contributed by atoms with Crippen LogP contribution in [0.25, 0.3) is 0 Å². The maximum atomic E-state index is 9.39. The summed E-state index contributed by atoms with van der Waals surface area (Å²) in [5.41, 5.74) is 1.14. The Labute approximate surface area is 122 Å². The summed E-state index contributed by atoms with van der Waals surface area (Å²) in [5.74, 6) is 1.86. The number of hydrogen-bond acceptors (Lipinski definition) is 3. The topological polar surface area (TPSA) is 35.5 Å². The van der Waals surface area contributed by atoms with Gasteiger partial charge in [0.25, 0.3) is 0 Å². The number of fused-ring (bicyclic) bond motifs is 2. The first kappa shape index (κ1) is 13.7. The summed E-state index contributed by atoms with van der Waals surface area (Å²) in [6, 6.07) is 8.76. The van der Waals surface area contributed by atoms with Crippen LogP contribution in [0.4, 0.5) is 5.69 Å². The minimum atomic E-state index is 0.338. The Bertz CT molecular complexity index is 429. The van der Waals surface area contributed by atoms with E-state index in [1.807, 2.05) is 12.1 Å². The molecular weight excluding hydrogens is 248 g/mol. The van der Waals surface area contributed by atoms with Crippen LogP contribution in [0.1, 0.15) is 33.1 Å². The van der Waals surface area contributed by atoms with Gasteiger partial charge in [-0.25, -0.2) is 0 Å². The van der Waals surface area contributed by atoms with Crippen LogP contribution in [0.3, 0.4) is 0 Å². The van der Waals surface area contributed by atoms with Crippen LogP contribution in [-0.4, -0.2) is 35.2 Å². The highest BCUT2D eigenvalue weighted by Gasteiger charge is 2.39. The van der Waals surface area contributed by atoms with Crippen LogP contribution in [0.2, 0.25) is 0 Å². The molecule has 20 heavy (non-hydrogen) atoms. The lowest BCUT2D eigenvalue weighted by molar-refractivity contribution is 0.0518.